The lowest BCUT2D eigenvalue weighted by Crippen LogP contribution is -2.53. The highest BCUT2D eigenvalue weighted by atomic mass is 16.4. The maximum Gasteiger partial charge on any atom is 0.335 e. The summed E-state index contributed by atoms with van der Waals surface area (Å²) in [5.41, 5.74) is -0.178. The molecular formula is C31H55NO6. The van der Waals surface area contributed by atoms with Crippen molar-refractivity contribution in [1.29, 1.82) is 0 Å². The molecule has 0 radical (unpaired) electrons. The van der Waals surface area contributed by atoms with Crippen LogP contribution in [-0.2, 0) is 0 Å². The van der Waals surface area contributed by atoms with Gasteiger partial charge in [-0.1, -0.05) is 94.4 Å². The van der Waals surface area contributed by atoms with Gasteiger partial charge in [-0.3, -0.25) is 0 Å². The lowest BCUT2D eigenvalue weighted by atomic mass is 10.1. The third kappa shape index (κ3) is 19.2. The molecule has 1 aromatic carbocycles. The third-order valence-electron chi connectivity index (χ3n) is 6.98. The molecule has 0 unspecified atom stereocenters. The van der Waals surface area contributed by atoms with Gasteiger partial charge in [-0.25, -0.2) is 4.79 Å². The van der Waals surface area contributed by atoms with E-state index in [2.05, 4.69) is 19.1 Å². The van der Waals surface area contributed by atoms with Crippen LogP contribution in [0.2, 0.25) is 0 Å². The zero-order chi connectivity index (χ0) is 28.3. The normalized spacial score (nSPS) is 11.5. The molecule has 0 spiro atoms. The van der Waals surface area contributed by atoms with Crippen LogP contribution in [0, 0.1) is 0 Å². The second-order valence-electron chi connectivity index (χ2n) is 10.1. The molecule has 0 bridgehead atoms. The first-order valence-corrected chi connectivity index (χ1v) is 14.8. The van der Waals surface area contributed by atoms with E-state index in [1.807, 2.05) is 0 Å². The summed E-state index contributed by atoms with van der Waals surface area (Å²) in [4.78, 5) is 10.2. The van der Waals surface area contributed by atoms with Crippen LogP contribution in [0.4, 0.5) is 0 Å². The van der Waals surface area contributed by atoms with Crippen molar-refractivity contribution in [1.82, 2.24) is 0 Å². The first-order valence-electron chi connectivity index (χ1n) is 14.8. The van der Waals surface area contributed by atoms with Crippen LogP contribution in [-0.4, -0.2) is 76.9 Å². The molecule has 0 fully saturated rings. The summed E-state index contributed by atoms with van der Waals surface area (Å²) >= 11 is 0. The molecule has 1 rings (SSSR count). The van der Waals surface area contributed by atoms with Crippen LogP contribution in [0.15, 0.2) is 36.4 Å². The van der Waals surface area contributed by atoms with E-state index in [-0.39, 0.29) is 25.4 Å². The number of unbranched alkanes of at least 4 members (excludes halogenated alkanes) is 12. The number of carbonyl (C=O) groups is 1. The number of carboxylic acids is 1. The van der Waals surface area contributed by atoms with Crippen molar-refractivity contribution in [2.45, 2.75) is 96.8 Å². The Morgan fingerprint density at radius 1 is 0.711 bits per heavy atom. The van der Waals surface area contributed by atoms with Crippen molar-refractivity contribution < 1.29 is 34.8 Å². The molecule has 0 aromatic heterocycles. The van der Waals surface area contributed by atoms with E-state index in [0.29, 0.717) is 24.1 Å². The van der Waals surface area contributed by atoms with Gasteiger partial charge in [0.2, 0.25) is 0 Å². The quantitative estimate of drug-likeness (QED) is 0.0857. The molecule has 38 heavy (non-hydrogen) atoms. The van der Waals surface area contributed by atoms with E-state index < -0.39 is 11.7 Å². The van der Waals surface area contributed by atoms with E-state index in [0.717, 1.165) is 13.0 Å². The molecule has 0 atom stereocenters. The molecule has 7 heteroatoms. The maximum absolute atomic E-state index is 10.7. The number of allylic oxidation sites excluding steroid dienone is 2. The van der Waals surface area contributed by atoms with E-state index in [1.54, 1.807) is 0 Å². The maximum atomic E-state index is 10.7. The van der Waals surface area contributed by atoms with Gasteiger partial charge in [-0.2, -0.15) is 0 Å². The fourth-order valence-corrected chi connectivity index (χ4v) is 4.65. The molecular weight excluding hydrogens is 482 g/mol. The third-order valence-corrected chi connectivity index (χ3v) is 6.98. The summed E-state index contributed by atoms with van der Waals surface area (Å²) in [6.45, 7) is 5.46. The zero-order valence-electron chi connectivity index (χ0n) is 23.9. The summed E-state index contributed by atoms with van der Waals surface area (Å²) in [7, 11) is 0. The summed E-state index contributed by atoms with van der Waals surface area (Å²) in [5.74, 6) is -1.62. The number of hydrogen-bond acceptors (Lipinski definition) is 5. The zero-order valence-corrected chi connectivity index (χ0v) is 23.9. The second kappa shape index (κ2) is 25.4. The number of para-hydroxylation sites is 1. The average Bonchev–Trinajstić information content (AvgIpc) is 2.89. The molecule has 0 saturated carbocycles. The van der Waals surface area contributed by atoms with Gasteiger partial charge in [0.05, 0.1) is 31.9 Å². The van der Waals surface area contributed by atoms with Crippen LogP contribution in [0.3, 0.4) is 0 Å². The van der Waals surface area contributed by atoms with Crippen LogP contribution >= 0.6 is 0 Å². The molecule has 4 N–H and O–H groups in total. The van der Waals surface area contributed by atoms with Crippen LogP contribution < -0.4 is 5.11 Å². The van der Waals surface area contributed by atoms with Crippen molar-refractivity contribution in [2.24, 2.45) is 0 Å². The first-order chi connectivity index (χ1) is 18.5. The highest BCUT2D eigenvalue weighted by molar-refractivity contribution is 5.90. The van der Waals surface area contributed by atoms with E-state index >= 15 is 0 Å². The summed E-state index contributed by atoms with van der Waals surface area (Å²) in [6, 6.07) is 5.54. The topological polar surface area (TPSA) is 121 Å². The molecule has 1 aromatic rings. The Morgan fingerprint density at radius 3 is 1.58 bits per heavy atom. The first kappa shape index (κ1) is 36.1. The van der Waals surface area contributed by atoms with Crippen LogP contribution in [0.5, 0.6) is 5.75 Å². The van der Waals surface area contributed by atoms with Gasteiger partial charge in [0.25, 0.3) is 0 Å². The summed E-state index contributed by atoms with van der Waals surface area (Å²) in [5, 5.41) is 47.0. The standard InChI is InChI=1S/C24H50NO3.C7H6O3/c1-2-3-4-5-6-7-8-9-10-11-12-13-14-15-16-17-18-25(19-22-26,20-23-27)21-24-28;8-6-4-2-1-3-5(6)7(9)10/h9-10,26-28H,2-8,11-24H2,1H3;1-4,8H,(H,9,10)/q+1;/p-1/b10-9-;. The van der Waals surface area contributed by atoms with Gasteiger partial charge in [0.1, 0.15) is 19.6 Å². The Morgan fingerprint density at radius 2 is 1.16 bits per heavy atom. The molecule has 0 amide bonds. The number of aliphatic hydroxyl groups excluding tert-OH is 3. The average molecular weight is 538 g/mol. The van der Waals surface area contributed by atoms with Crippen molar-refractivity contribution in [3.63, 3.8) is 0 Å². The number of nitrogens with zero attached hydrogens (tertiary/aromatic N) is 1. The van der Waals surface area contributed by atoms with Crippen molar-refractivity contribution >= 4 is 5.97 Å². The number of carboxylic acid groups (broad SMARTS) is 1. The van der Waals surface area contributed by atoms with Gasteiger partial charge in [-0.15, -0.1) is 0 Å². The van der Waals surface area contributed by atoms with Gasteiger partial charge >= 0.3 is 5.97 Å². The van der Waals surface area contributed by atoms with Gasteiger partial charge in [-0.05, 0) is 44.6 Å². The number of quaternary nitrogens is 1. The highest BCUT2D eigenvalue weighted by Gasteiger charge is 2.25. The Bertz CT molecular complexity index is 692. The predicted octanol–water partition coefficient (Wildman–Crippen LogP) is 5.28. The van der Waals surface area contributed by atoms with Crippen LogP contribution in [0.1, 0.15) is 107 Å². The van der Waals surface area contributed by atoms with Gasteiger partial charge in [0, 0.05) is 0 Å². The summed E-state index contributed by atoms with van der Waals surface area (Å²) in [6.07, 6.45) is 23.0. The van der Waals surface area contributed by atoms with E-state index in [1.165, 1.54) is 108 Å². The Balaban J connectivity index is 0.00000113. The minimum absolute atomic E-state index is 0.117. The number of aromatic carboxylic acids is 1. The van der Waals surface area contributed by atoms with Crippen molar-refractivity contribution in [2.75, 3.05) is 46.0 Å². The minimum Gasteiger partial charge on any atom is -0.872 e. The SMILES string of the molecule is CCCCCCCC/C=C\CCCCCCCC[N+](CCO)(CCO)CCO.O=C(O)c1ccccc1[O-]. The second-order valence-corrected chi connectivity index (χ2v) is 10.1. The van der Waals surface area contributed by atoms with Gasteiger partial charge < -0.3 is 30.0 Å². The minimum atomic E-state index is -1.18. The van der Waals surface area contributed by atoms with Gasteiger partial charge in [0.15, 0.2) is 0 Å². The monoisotopic (exact) mass is 537 g/mol. The van der Waals surface area contributed by atoms with E-state index in [9.17, 15) is 25.2 Å². The molecule has 0 heterocycles. The smallest absolute Gasteiger partial charge is 0.335 e. The number of aliphatic hydroxyl groups is 3. The molecule has 0 aliphatic carbocycles. The fraction of sp³-hybridized carbons (Fsp3) is 0.710. The Labute approximate surface area is 231 Å². The molecule has 7 nitrogen and oxygen atoms in total. The van der Waals surface area contributed by atoms with Crippen molar-refractivity contribution in [3.05, 3.63) is 42.0 Å². The van der Waals surface area contributed by atoms with E-state index in [4.69, 9.17) is 5.11 Å². The predicted molar refractivity (Wildman–Crippen MR) is 153 cm³/mol. The number of hydrogen-bond donors (Lipinski definition) is 4. The Hall–Kier alpha value is -1.93. The molecule has 0 aliphatic heterocycles. The van der Waals surface area contributed by atoms with Crippen molar-refractivity contribution in [3.8, 4) is 5.75 Å². The number of rotatable bonds is 23. The molecule has 220 valence electrons. The highest BCUT2D eigenvalue weighted by Crippen LogP contribution is 2.14. The molecule has 0 saturated heterocycles. The van der Waals surface area contributed by atoms with Crippen LogP contribution in [0.25, 0.3) is 0 Å². The Kier molecular flexibility index (Phi) is 24.1. The lowest BCUT2D eigenvalue weighted by molar-refractivity contribution is -0.929. The number of benzene rings is 1. The largest absolute Gasteiger partial charge is 0.872 e. The molecule has 0 aliphatic rings. The lowest BCUT2D eigenvalue weighted by Gasteiger charge is -2.37. The summed E-state index contributed by atoms with van der Waals surface area (Å²) < 4.78 is 0.646. The fourth-order valence-electron chi connectivity index (χ4n) is 4.65.